The fourth-order valence-corrected chi connectivity index (χ4v) is 2.77. The molecule has 0 atom stereocenters. The van der Waals surface area contributed by atoms with Crippen molar-refractivity contribution in [2.75, 3.05) is 7.11 Å². The van der Waals surface area contributed by atoms with Crippen molar-refractivity contribution in [3.05, 3.63) is 47.7 Å². The lowest BCUT2D eigenvalue weighted by molar-refractivity contribution is -0.134. The molecule has 4 nitrogen and oxygen atoms in total. The number of benzene rings is 1. The molecule has 4 heteroatoms. The van der Waals surface area contributed by atoms with Gasteiger partial charge < -0.3 is 9.47 Å². The molecule has 118 valence electrons. The monoisotopic (exact) mass is 302 g/mol. The van der Waals surface area contributed by atoms with E-state index >= 15 is 0 Å². The summed E-state index contributed by atoms with van der Waals surface area (Å²) in [6, 6.07) is 7.56. The van der Waals surface area contributed by atoms with Crippen LogP contribution in [0.5, 0.6) is 0 Å². The topological polar surface area (TPSA) is 52.6 Å². The van der Waals surface area contributed by atoms with E-state index in [0.717, 1.165) is 18.3 Å². The average molecular weight is 302 g/mol. The van der Waals surface area contributed by atoms with E-state index in [0.29, 0.717) is 11.5 Å². The van der Waals surface area contributed by atoms with E-state index in [4.69, 9.17) is 4.74 Å². The van der Waals surface area contributed by atoms with Gasteiger partial charge in [0.2, 0.25) is 0 Å². The molecular weight excluding hydrogens is 280 g/mol. The highest BCUT2D eigenvalue weighted by atomic mass is 16.5. The molecule has 0 amide bonds. The maximum Gasteiger partial charge on any atom is 0.342 e. The Morgan fingerprint density at radius 3 is 2.32 bits per heavy atom. The lowest BCUT2D eigenvalue weighted by atomic mass is 9.79. The van der Waals surface area contributed by atoms with Crippen molar-refractivity contribution in [3.8, 4) is 0 Å². The minimum absolute atomic E-state index is 0.474. The Morgan fingerprint density at radius 2 is 1.73 bits per heavy atom. The highest BCUT2D eigenvalue weighted by molar-refractivity contribution is 5.90. The highest BCUT2D eigenvalue weighted by Crippen LogP contribution is 2.35. The van der Waals surface area contributed by atoms with Crippen LogP contribution in [0.25, 0.3) is 0 Å². The van der Waals surface area contributed by atoms with Gasteiger partial charge in [-0.2, -0.15) is 0 Å². The van der Waals surface area contributed by atoms with E-state index in [1.807, 2.05) is 12.1 Å². The smallest absolute Gasteiger partial charge is 0.342 e. The maximum absolute atomic E-state index is 11.8. The van der Waals surface area contributed by atoms with Crippen molar-refractivity contribution in [3.63, 3.8) is 0 Å². The maximum atomic E-state index is 11.8. The van der Waals surface area contributed by atoms with Gasteiger partial charge in [0.15, 0.2) is 0 Å². The molecule has 0 saturated heterocycles. The fourth-order valence-electron chi connectivity index (χ4n) is 2.77. The van der Waals surface area contributed by atoms with Gasteiger partial charge >= 0.3 is 11.9 Å². The van der Waals surface area contributed by atoms with Crippen LogP contribution in [0.3, 0.4) is 0 Å². The summed E-state index contributed by atoms with van der Waals surface area (Å²) >= 11 is 0. The van der Waals surface area contributed by atoms with Crippen LogP contribution in [0, 0.1) is 5.92 Å². The van der Waals surface area contributed by atoms with Crippen LogP contribution in [-0.2, 0) is 14.3 Å². The first kappa shape index (κ1) is 16.3. The molecule has 0 N–H and O–H groups in total. The molecule has 0 spiro atoms. The van der Waals surface area contributed by atoms with E-state index in [1.165, 1.54) is 38.4 Å². The van der Waals surface area contributed by atoms with Gasteiger partial charge in [0, 0.05) is 0 Å². The third-order valence-corrected chi connectivity index (χ3v) is 4.21. The normalized spacial score (nSPS) is 21.5. The fraction of sp³-hybridized carbons (Fsp3) is 0.444. The summed E-state index contributed by atoms with van der Waals surface area (Å²) in [7, 11) is 1.26. The number of esters is 2. The first-order chi connectivity index (χ1) is 10.6. The molecule has 0 heterocycles. The number of methoxy groups -OCH3 is 1. The zero-order valence-electron chi connectivity index (χ0n) is 13.1. The quantitative estimate of drug-likeness (QED) is 0.482. The van der Waals surface area contributed by atoms with Gasteiger partial charge in [0.25, 0.3) is 0 Å². The van der Waals surface area contributed by atoms with Crippen molar-refractivity contribution in [2.45, 2.75) is 38.5 Å². The Hall–Kier alpha value is -2.10. The van der Waals surface area contributed by atoms with Gasteiger partial charge in [-0.15, -0.1) is 0 Å². The molecule has 1 aromatic rings. The molecule has 0 aromatic heterocycles. The van der Waals surface area contributed by atoms with E-state index in [1.54, 1.807) is 12.1 Å². The molecule has 1 aliphatic carbocycles. The third kappa shape index (κ3) is 4.45. The third-order valence-electron chi connectivity index (χ3n) is 4.21. The summed E-state index contributed by atoms with van der Waals surface area (Å²) in [6.45, 7) is 2.30. The zero-order chi connectivity index (χ0) is 15.9. The summed E-state index contributed by atoms with van der Waals surface area (Å²) in [6.07, 6.45) is 7.08. The Bertz CT molecular complexity index is 537. The van der Waals surface area contributed by atoms with E-state index < -0.39 is 11.9 Å². The molecule has 0 aliphatic heterocycles. The molecule has 1 aromatic carbocycles. The van der Waals surface area contributed by atoms with Gasteiger partial charge in [0.1, 0.15) is 6.26 Å². The Kier molecular flexibility index (Phi) is 5.75. The second-order valence-electron chi connectivity index (χ2n) is 5.81. The molecular formula is C18H22O4. The summed E-state index contributed by atoms with van der Waals surface area (Å²) in [5.74, 6) is 0.381. The van der Waals surface area contributed by atoms with E-state index in [2.05, 4.69) is 11.7 Å². The molecule has 0 radical (unpaired) electrons. The zero-order valence-corrected chi connectivity index (χ0v) is 13.1. The van der Waals surface area contributed by atoms with E-state index in [-0.39, 0.29) is 0 Å². The minimum Gasteiger partial charge on any atom is -0.466 e. The van der Waals surface area contributed by atoms with E-state index in [9.17, 15) is 9.59 Å². The van der Waals surface area contributed by atoms with Crippen LogP contribution in [-0.4, -0.2) is 19.0 Å². The molecule has 1 fully saturated rings. The van der Waals surface area contributed by atoms with Crippen molar-refractivity contribution in [1.29, 1.82) is 0 Å². The number of carbonyl (C=O) groups excluding carboxylic acids is 2. The van der Waals surface area contributed by atoms with Crippen LogP contribution >= 0.6 is 0 Å². The van der Waals surface area contributed by atoms with Crippen LogP contribution in [0.15, 0.2) is 36.6 Å². The second kappa shape index (κ2) is 7.78. The second-order valence-corrected chi connectivity index (χ2v) is 5.81. The molecule has 1 aliphatic rings. The lowest BCUT2D eigenvalue weighted by Gasteiger charge is -2.26. The van der Waals surface area contributed by atoms with Crippen LogP contribution in [0.1, 0.15) is 54.4 Å². The Morgan fingerprint density at radius 1 is 1.09 bits per heavy atom. The molecule has 1 saturated carbocycles. The van der Waals surface area contributed by atoms with Crippen LogP contribution in [0.2, 0.25) is 0 Å². The standard InChI is InChI=1S/C18H22O4/c1-13-3-5-14(6-4-13)15-7-9-16(10-8-15)18(20)22-12-11-17(19)21-2/h7-14H,3-6H2,1-2H3. The molecule has 22 heavy (non-hydrogen) atoms. The summed E-state index contributed by atoms with van der Waals surface area (Å²) in [5, 5.41) is 0. The van der Waals surface area contributed by atoms with Gasteiger partial charge in [-0.1, -0.05) is 31.9 Å². The molecule has 2 rings (SSSR count). The van der Waals surface area contributed by atoms with Crippen LogP contribution in [0.4, 0.5) is 0 Å². The average Bonchev–Trinajstić information content (AvgIpc) is 2.55. The van der Waals surface area contributed by atoms with Gasteiger partial charge in [-0.25, -0.2) is 9.59 Å². The molecule has 0 bridgehead atoms. The van der Waals surface area contributed by atoms with Gasteiger partial charge in [-0.3, -0.25) is 0 Å². The summed E-state index contributed by atoms with van der Waals surface area (Å²) in [5.41, 5.74) is 1.76. The lowest BCUT2D eigenvalue weighted by Crippen LogP contribution is -2.11. The van der Waals surface area contributed by atoms with Crippen LogP contribution < -0.4 is 0 Å². The number of ether oxygens (including phenoxy) is 2. The largest absolute Gasteiger partial charge is 0.466 e. The summed E-state index contributed by atoms with van der Waals surface area (Å²) in [4.78, 5) is 22.7. The SMILES string of the molecule is COC(=O)C=COC(=O)c1ccc(C2CCC(C)CC2)cc1. The number of hydrogen-bond donors (Lipinski definition) is 0. The van der Waals surface area contributed by atoms with Crippen molar-refractivity contribution in [2.24, 2.45) is 5.92 Å². The van der Waals surface area contributed by atoms with Crippen molar-refractivity contribution in [1.82, 2.24) is 0 Å². The summed E-state index contributed by atoms with van der Waals surface area (Å²) < 4.78 is 9.29. The Balaban J connectivity index is 1.92. The Labute approximate surface area is 131 Å². The minimum atomic E-state index is -0.560. The number of hydrogen-bond acceptors (Lipinski definition) is 4. The van der Waals surface area contributed by atoms with Crippen molar-refractivity contribution >= 4 is 11.9 Å². The number of rotatable bonds is 4. The predicted molar refractivity (Wildman–Crippen MR) is 83.4 cm³/mol. The van der Waals surface area contributed by atoms with Gasteiger partial charge in [-0.05, 0) is 42.4 Å². The van der Waals surface area contributed by atoms with Crippen molar-refractivity contribution < 1.29 is 19.1 Å². The van der Waals surface area contributed by atoms with Gasteiger partial charge in [0.05, 0.1) is 18.7 Å². The first-order valence-electron chi connectivity index (χ1n) is 7.65. The molecule has 0 unspecified atom stereocenters. The highest BCUT2D eigenvalue weighted by Gasteiger charge is 2.19. The first-order valence-corrected chi connectivity index (χ1v) is 7.65. The number of carbonyl (C=O) groups is 2. The predicted octanol–water partition coefficient (Wildman–Crippen LogP) is 3.82.